The zero-order chi connectivity index (χ0) is 50.6. The lowest BCUT2D eigenvalue weighted by molar-refractivity contribution is -0.230. The highest BCUT2D eigenvalue weighted by atomic mass is 35.6. The van der Waals surface area contributed by atoms with Gasteiger partial charge in [-0.05, 0) is 94.2 Å². The molecule has 12 nitrogen and oxygen atoms in total. The molecule has 2 aromatic carbocycles. The molecule has 0 radical (unpaired) electrons. The molecule has 0 aliphatic carbocycles. The van der Waals surface area contributed by atoms with E-state index in [9.17, 15) is 19.5 Å². The van der Waals surface area contributed by atoms with Crippen molar-refractivity contribution in [3.63, 3.8) is 0 Å². The number of ketones is 2. The monoisotopic (exact) mass is 990 g/mol. The van der Waals surface area contributed by atoms with E-state index in [1.807, 2.05) is 144 Å². The second-order valence-electron chi connectivity index (χ2n) is 19.3. The largest absolute Gasteiger partial charge is 0.508 e. The minimum absolute atomic E-state index is 0.0728. The maximum absolute atomic E-state index is 13.8. The van der Waals surface area contributed by atoms with E-state index < -0.39 is 64.0 Å². The molecule has 0 spiro atoms. The SMILES string of the molecule is CC(C)OC(OC(C)C)C(C)(C)C(=O)[C@H](C)[C@@H](O)[C@@H](C)COCc1ccccc1.CC(C)OC(OC(C)C)C(C)(C)C(=O)[C@H](C)[C@@H](OC(=O)OCC(Cl)(Cl)Cl)[C@@H](C)COCc1ccccc1. The fourth-order valence-electron chi connectivity index (χ4n) is 7.00. The van der Waals surface area contributed by atoms with E-state index in [-0.39, 0.29) is 54.4 Å². The third kappa shape index (κ3) is 22.8. The minimum atomic E-state index is -1.79. The summed E-state index contributed by atoms with van der Waals surface area (Å²) in [7, 11) is 0. The van der Waals surface area contributed by atoms with Crippen LogP contribution in [0.4, 0.5) is 4.79 Å². The van der Waals surface area contributed by atoms with Crippen LogP contribution in [0.5, 0.6) is 0 Å². The predicted octanol–water partition coefficient (Wildman–Crippen LogP) is 11.7. The molecule has 15 heteroatoms. The molecule has 6 atom stereocenters. The molecule has 0 amide bonds. The lowest BCUT2D eigenvalue weighted by atomic mass is 9.76. The van der Waals surface area contributed by atoms with E-state index >= 15 is 0 Å². The van der Waals surface area contributed by atoms with Crippen molar-refractivity contribution in [3.8, 4) is 0 Å². The Morgan fingerprint density at radius 2 is 0.894 bits per heavy atom. The summed E-state index contributed by atoms with van der Waals surface area (Å²) in [5.74, 6) is -2.13. The van der Waals surface area contributed by atoms with Gasteiger partial charge in [0.25, 0.3) is 0 Å². The molecule has 378 valence electrons. The third-order valence-electron chi connectivity index (χ3n) is 10.6. The summed E-state index contributed by atoms with van der Waals surface area (Å²) in [6, 6.07) is 19.6. The van der Waals surface area contributed by atoms with Gasteiger partial charge in [0.15, 0.2) is 12.6 Å². The number of carbonyl (C=O) groups excluding carboxylic acids is 3. The van der Waals surface area contributed by atoms with Crippen LogP contribution in [0.3, 0.4) is 0 Å². The smallest absolute Gasteiger partial charge is 0.430 e. The highest BCUT2D eigenvalue weighted by Gasteiger charge is 2.46. The second kappa shape index (κ2) is 29.6. The number of carbonyl (C=O) groups is 3. The Hall–Kier alpha value is -2.36. The van der Waals surface area contributed by atoms with Gasteiger partial charge < -0.3 is 43.0 Å². The highest BCUT2D eigenvalue weighted by Crippen LogP contribution is 2.35. The predicted molar refractivity (Wildman–Crippen MR) is 261 cm³/mol. The Morgan fingerprint density at radius 3 is 1.24 bits per heavy atom. The average molecular weight is 993 g/mol. The number of halogens is 3. The van der Waals surface area contributed by atoms with Crippen molar-refractivity contribution in [2.24, 2.45) is 34.5 Å². The molecule has 0 fully saturated rings. The number of benzene rings is 2. The van der Waals surface area contributed by atoms with Crippen LogP contribution in [0, 0.1) is 34.5 Å². The molecule has 0 heterocycles. The van der Waals surface area contributed by atoms with E-state index in [0.717, 1.165) is 11.1 Å². The zero-order valence-corrected chi connectivity index (χ0v) is 44.6. The molecule has 0 bridgehead atoms. The first kappa shape index (κ1) is 61.7. The summed E-state index contributed by atoms with van der Waals surface area (Å²) in [6.07, 6.45) is -4.69. The van der Waals surface area contributed by atoms with E-state index in [0.29, 0.717) is 19.8 Å². The van der Waals surface area contributed by atoms with Gasteiger partial charge in [-0.3, -0.25) is 9.59 Å². The molecule has 1 N–H and O–H groups in total. The Balaban J connectivity index is 0.000000680. The quantitative estimate of drug-likeness (QED) is 0.0492. The second-order valence-corrected chi connectivity index (χ2v) is 21.9. The van der Waals surface area contributed by atoms with Crippen LogP contribution in [0.2, 0.25) is 0 Å². The van der Waals surface area contributed by atoms with Crippen molar-refractivity contribution in [2.75, 3.05) is 19.8 Å². The topological polar surface area (TPSA) is 145 Å². The first-order valence-electron chi connectivity index (χ1n) is 23.0. The average Bonchev–Trinajstić information content (AvgIpc) is 3.23. The summed E-state index contributed by atoms with van der Waals surface area (Å²) >= 11 is 17.1. The summed E-state index contributed by atoms with van der Waals surface area (Å²) in [5, 5.41) is 10.8. The number of hydrogen-bond acceptors (Lipinski definition) is 12. The first-order chi connectivity index (χ1) is 30.5. The number of ether oxygens (including phenoxy) is 8. The van der Waals surface area contributed by atoms with E-state index in [1.54, 1.807) is 27.7 Å². The third-order valence-corrected chi connectivity index (χ3v) is 10.9. The molecule has 0 saturated heterocycles. The van der Waals surface area contributed by atoms with Crippen molar-refractivity contribution < 1.29 is 57.4 Å². The number of Topliss-reactive ketones (excluding diaryl/α,β-unsaturated/α-hetero) is 2. The van der Waals surface area contributed by atoms with Gasteiger partial charge in [0, 0.05) is 17.8 Å². The van der Waals surface area contributed by atoms with Crippen LogP contribution in [-0.2, 0) is 60.7 Å². The Labute approximate surface area is 411 Å². The van der Waals surface area contributed by atoms with E-state index in [2.05, 4.69) is 0 Å². The van der Waals surface area contributed by atoms with Gasteiger partial charge >= 0.3 is 6.16 Å². The number of hydrogen-bond donors (Lipinski definition) is 1. The van der Waals surface area contributed by atoms with Gasteiger partial charge in [0.05, 0.1) is 73.7 Å². The fourth-order valence-corrected chi connectivity index (χ4v) is 7.16. The van der Waals surface area contributed by atoms with Gasteiger partial charge in [-0.2, -0.15) is 0 Å². The number of alkyl halides is 3. The molecule has 2 aromatic rings. The van der Waals surface area contributed by atoms with Crippen LogP contribution in [0.25, 0.3) is 0 Å². The maximum Gasteiger partial charge on any atom is 0.508 e. The maximum atomic E-state index is 13.8. The van der Waals surface area contributed by atoms with Gasteiger partial charge in [-0.15, -0.1) is 0 Å². The molecule has 0 saturated carbocycles. The van der Waals surface area contributed by atoms with Gasteiger partial charge in [0.2, 0.25) is 3.79 Å². The van der Waals surface area contributed by atoms with E-state index in [4.69, 9.17) is 72.7 Å². The number of rotatable bonds is 28. The van der Waals surface area contributed by atoms with Crippen LogP contribution in [-0.4, -0.2) is 95.6 Å². The summed E-state index contributed by atoms with van der Waals surface area (Å²) < 4.78 is 44.1. The lowest BCUT2D eigenvalue weighted by Crippen LogP contribution is -2.49. The van der Waals surface area contributed by atoms with Crippen LogP contribution < -0.4 is 0 Å². The number of aliphatic hydroxyl groups excluding tert-OH is 1. The van der Waals surface area contributed by atoms with Gasteiger partial charge in [-0.1, -0.05) is 123 Å². The highest BCUT2D eigenvalue weighted by molar-refractivity contribution is 6.67. The molecule has 2 rings (SSSR count). The van der Waals surface area contributed by atoms with Crippen molar-refractivity contribution >= 4 is 52.5 Å². The first-order valence-corrected chi connectivity index (χ1v) is 24.2. The summed E-state index contributed by atoms with van der Waals surface area (Å²) in [4.78, 5) is 39.5. The Bertz CT molecular complexity index is 1650. The molecule has 66 heavy (non-hydrogen) atoms. The zero-order valence-electron chi connectivity index (χ0n) is 42.3. The lowest BCUT2D eigenvalue weighted by Gasteiger charge is -2.38. The molecular weight excluding hydrogens is 911 g/mol. The Kier molecular flexibility index (Phi) is 27.7. The van der Waals surface area contributed by atoms with Crippen molar-refractivity contribution in [3.05, 3.63) is 71.8 Å². The molecule has 0 aliphatic rings. The fraction of sp³-hybridized carbons (Fsp3) is 0.706. The van der Waals surface area contributed by atoms with E-state index in [1.165, 1.54) is 0 Å². The Morgan fingerprint density at radius 1 is 0.545 bits per heavy atom. The normalized spacial score (nSPS) is 15.4. The van der Waals surface area contributed by atoms with Gasteiger partial charge in [0.1, 0.15) is 24.3 Å². The summed E-state index contributed by atoms with van der Waals surface area (Å²) in [5.41, 5.74) is 0.138. The summed E-state index contributed by atoms with van der Waals surface area (Å²) in [6.45, 7) is 30.5. The standard InChI is InChI=1S/C27H41Cl3O7.C24H40O5/c1-17(2)35-24(36-18(3)4)26(7,8)23(31)20(6)22(37-25(32)34-16-27(28,29)30)19(5)14-33-15-21-12-10-9-11-13-21;1-16(2)28-23(29-17(3)4)24(7,8)22(26)19(6)21(25)18(5)14-27-15-20-12-10-9-11-13-20/h9-13,17-20,22,24H,14-16H2,1-8H3;9-13,16-19,21,23,25H,14-15H2,1-8H3/t19-,20+,22-;18-,19+,21-/m00/s1. The van der Waals surface area contributed by atoms with Crippen molar-refractivity contribution in [2.45, 2.75) is 177 Å². The van der Waals surface area contributed by atoms with Crippen LogP contribution in [0.15, 0.2) is 60.7 Å². The number of aliphatic hydroxyl groups is 1. The molecule has 0 unspecified atom stereocenters. The molecule has 0 aliphatic heterocycles. The van der Waals surface area contributed by atoms with Crippen LogP contribution >= 0.6 is 34.8 Å². The molecular formula is C51H81Cl3O12. The van der Waals surface area contributed by atoms with Crippen molar-refractivity contribution in [1.82, 2.24) is 0 Å². The van der Waals surface area contributed by atoms with Crippen LogP contribution in [0.1, 0.15) is 122 Å². The van der Waals surface area contributed by atoms with Crippen molar-refractivity contribution in [1.29, 1.82) is 0 Å². The van der Waals surface area contributed by atoms with Gasteiger partial charge in [-0.25, -0.2) is 4.79 Å². The minimum Gasteiger partial charge on any atom is -0.430 e. The molecule has 0 aromatic heterocycles.